The topological polar surface area (TPSA) is 142 Å². The molecule has 10 heteroatoms. The molecule has 6 unspecified atom stereocenters. The van der Waals surface area contributed by atoms with Crippen LogP contribution in [0, 0.1) is 16.2 Å². The van der Waals surface area contributed by atoms with E-state index < -0.39 is 57.9 Å². The Labute approximate surface area is 167 Å². The lowest BCUT2D eigenvalue weighted by Gasteiger charge is -2.40. The monoisotopic (exact) mass is 421 g/mol. The van der Waals surface area contributed by atoms with Crippen molar-refractivity contribution in [2.75, 3.05) is 13.2 Å². The van der Waals surface area contributed by atoms with E-state index in [1.54, 1.807) is 13.8 Å². The number of hydrogen-bond donors (Lipinski definition) is 2. The molecule has 6 atom stereocenters. The first-order valence-electron chi connectivity index (χ1n) is 9.36. The molecule has 0 heterocycles. The third-order valence-electron chi connectivity index (χ3n) is 6.41. The van der Waals surface area contributed by atoms with Crippen molar-refractivity contribution in [3.8, 4) is 0 Å². The highest BCUT2D eigenvalue weighted by Gasteiger charge is 2.68. The summed E-state index contributed by atoms with van der Waals surface area (Å²) in [7, 11) is 0. The van der Waals surface area contributed by atoms with Gasteiger partial charge in [0, 0.05) is 10.8 Å². The highest BCUT2D eigenvalue weighted by atomic mass is 32.2. The highest BCUT2D eigenvalue weighted by molar-refractivity contribution is 7.74. The fourth-order valence-corrected chi connectivity index (χ4v) is 4.59. The molecule has 0 spiro atoms. The molecular formula is C18H29O9S-. The van der Waals surface area contributed by atoms with Crippen LogP contribution in [0.2, 0.25) is 0 Å². The lowest BCUT2D eigenvalue weighted by atomic mass is 9.78. The molecule has 0 aromatic rings. The highest BCUT2D eigenvalue weighted by Crippen LogP contribution is 2.63. The fourth-order valence-electron chi connectivity index (χ4n) is 4.11. The summed E-state index contributed by atoms with van der Waals surface area (Å²) in [5.41, 5.74) is -2.59. The van der Waals surface area contributed by atoms with E-state index in [4.69, 9.17) is 13.7 Å². The number of rotatable bonds is 9. The van der Waals surface area contributed by atoms with E-state index in [0.717, 1.165) is 0 Å². The molecule has 0 radical (unpaired) electrons. The molecule has 2 rings (SSSR count). The first-order valence-corrected chi connectivity index (χ1v) is 10.4. The van der Waals surface area contributed by atoms with E-state index in [2.05, 4.69) is 0 Å². The number of ether oxygens (including phenoxy) is 2. The van der Waals surface area contributed by atoms with E-state index in [-0.39, 0.29) is 19.6 Å². The molecular weight excluding hydrogens is 392 g/mol. The number of esters is 2. The van der Waals surface area contributed by atoms with Crippen molar-refractivity contribution in [1.82, 2.24) is 0 Å². The summed E-state index contributed by atoms with van der Waals surface area (Å²) in [4.78, 5) is 24.7. The van der Waals surface area contributed by atoms with Gasteiger partial charge in [0.25, 0.3) is 0 Å². The van der Waals surface area contributed by atoms with Gasteiger partial charge in [-0.1, -0.05) is 6.92 Å². The minimum absolute atomic E-state index is 0.268. The molecule has 0 amide bonds. The van der Waals surface area contributed by atoms with Gasteiger partial charge in [0.2, 0.25) is 0 Å². The quantitative estimate of drug-likeness (QED) is 0.404. The fraction of sp³-hybridized carbons (Fsp3) is 0.889. The summed E-state index contributed by atoms with van der Waals surface area (Å²) in [5.74, 6) is -1.41. The Bertz CT molecular complexity index is 637. The van der Waals surface area contributed by atoms with Gasteiger partial charge >= 0.3 is 11.9 Å². The number of carbonyl (C=O) groups is 2. The van der Waals surface area contributed by atoms with Gasteiger partial charge in [-0.3, -0.25) is 8.98 Å². The van der Waals surface area contributed by atoms with Gasteiger partial charge in [0.05, 0.1) is 30.0 Å². The van der Waals surface area contributed by atoms with E-state index in [0.29, 0.717) is 19.3 Å². The van der Waals surface area contributed by atoms with Crippen molar-refractivity contribution in [2.24, 2.45) is 16.2 Å². The van der Waals surface area contributed by atoms with Gasteiger partial charge < -0.3 is 24.2 Å². The van der Waals surface area contributed by atoms with Crippen molar-refractivity contribution in [3.05, 3.63) is 0 Å². The van der Waals surface area contributed by atoms with Crippen molar-refractivity contribution in [2.45, 2.75) is 71.7 Å². The van der Waals surface area contributed by atoms with Gasteiger partial charge in [0.15, 0.2) is 6.10 Å². The van der Waals surface area contributed by atoms with Crippen LogP contribution in [-0.4, -0.2) is 62.4 Å². The van der Waals surface area contributed by atoms with Crippen molar-refractivity contribution >= 4 is 23.3 Å². The Hall–Kier alpha value is -1.07. The smallest absolute Gasteiger partial charge is 0.347 e. The predicted molar refractivity (Wildman–Crippen MR) is 96.2 cm³/mol. The van der Waals surface area contributed by atoms with Crippen molar-refractivity contribution < 1.29 is 42.2 Å². The molecule has 2 aliphatic rings. The first-order chi connectivity index (χ1) is 13.0. The molecule has 2 N–H and O–H groups in total. The van der Waals surface area contributed by atoms with Gasteiger partial charge in [-0.2, -0.15) is 0 Å². The minimum Gasteiger partial charge on any atom is -0.750 e. The van der Waals surface area contributed by atoms with Crippen LogP contribution in [0.3, 0.4) is 0 Å². The van der Waals surface area contributed by atoms with E-state index in [1.807, 2.05) is 6.92 Å². The summed E-state index contributed by atoms with van der Waals surface area (Å²) >= 11 is -2.89. The second-order valence-electron chi connectivity index (χ2n) is 8.58. The summed E-state index contributed by atoms with van der Waals surface area (Å²) in [6.07, 6.45) is -1.73. The maximum absolute atomic E-state index is 12.6. The molecule has 0 aliphatic heterocycles. The average molecular weight is 421 g/mol. The number of aliphatic hydroxyl groups excluding tert-OH is 2. The lowest BCUT2D eigenvalue weighted by Crippen LogP contribution is -2.51. The third-order valence-corrected chi connectivity index (χ3v) is 6.78. The normalized spacial score (nSPS) is 34.1. The van der Waals surface area contributed by atoms with Crippen LogP contribution < -0.4 is 0 Å². The predicted octanol–water partition coefficient (Wildman–Crippen LogP) is 0.600. The van der Waals surface area contributed by atoms with Gasteiger partial charge in [-0.05, 0) is 46.5 Å². The largest absolute Gasteiger partial charge is 0.750 e. The number of carbonyl (C=O) groups excluding carboxylic acids is 2. The molecule has 9 nitrogen and oxygen atoms in total. The average Bonchev–Trinajstić information content (AvgIpc) is 3.15. The molecule has 0 aromatic carbocycles. The number of fused-ring (bicyclic) bond motifs is 2. The number of aliphatic hydroxyl groups is 2. The molecule has 2 fully saturated rings. The summed E-state index contributed by atoms with van der Waals surface area (Å²) in [6.45, 7) is 5.87. The Balaban J connectivity index is 2.18. The Morgan fingerprint density at radius 2 is 1.75 bits per heavy atom. The van der Waals surface area contributed by atoms with Crippen LogP contribution in [0.25, 0.3) is 0 Å². The van der Waals surface area contributed by atoms with Crippen LogP contribution in [0.4, 0.5) is 0 Å². The Kier molecular flexibility index (Phi) is 6.92. The van der Waals surface area contributed by atoms with Crippen LogP contribution in [0.15, 0.2) is 0 Å². The molecule has 162 valence electrons. The number of hydrogen-bond acceptors (Lipinski definition) is 9. The third kappa shape index (κ3) is 4.11. The summed E-state index contributed by atoms with van der Waals surface area (Å²) in [5, 5.41) is 19.8. The summed E-state index contributed by atoms with van der Waals surface area (Å²) < 4.78 is 38.0. The van der Waals surface area contributed by atoms with Gasteiger partial charge in [0.1, 0.15) is 12.2 Å². The van der Waals surface area contributed by atoms with E-state index in [9.17, 15) is 28.6 Å². The van der Waals surface area contributed by atoms with Gasteiger partial charge in [-0.15, -0.1) is 0 Å². The standard InChI is InChI=1S/C18H30O9S/c1-5-16(3,4)15(22)25-11(2)14(21)26-12-13(27-28(23)24)18(10-20)7-6-17(12,8-18)9-19/h11-13,19-20H,5-10H2,1-4H3,(H,23,24)/p-1. The molecule has 2 bridgehead atoms. The second kappa shape index (κ2) is 8.35. The molecule has 2 saturated carbocycles. The summed E-state index contributed by atoms with van der Waals surface area (Å²) in [6, 6.07) is 0. The van der Waals surface area contributed by atoms with Crippen LogP contribution >= 0.6 is 0 Å². The lowest BCUT2D eigenvalue weighted by molar-refractivity contribution is -0.186. The van der Waals surface area contributed by atoms with Crippen LogP contribution in [0.1, 0.15) is 53.4 Å². The van der Waals surface area contributed by atoms with E-state index >= 15 is 0 Å². The zero-order valence-corrected chi connectivity index (χ0v) is 17.5. The molecule has 0 aromatic heterocycles. The zero-order valence-electron chi connectivity index (χ0n) is 16.6. The van der Waals surface area contributed by atoms with E-state index in [1.165, 1.54) is 6.92 Å². The minimum atomic E-state index is -2.89. The second-order valence-corrected chi connectivity index (χ2v) is 9.18. The van der Waals surface area contributed by atoms with Crippen molar-refractivity contribution in [3.63, 3.8) is 0 Å². The van der Waals surface area contributed by atoms with Crippen LogP contribution in [0.5, 0.6) is 0 Å². The van der Waals surface area contributed by atoms with Crippen molar-refractivity contribution in [1.29, 1.82) is 0 Å². The zero-order chi connectivity index (χ0) is 21.3. The SMILES string of the molecule is CCC(C)(C)C(=O)OC(C)C(=O)OC1C(OS(=O)[O-])C2(CO)CCC1(CO)C2. The molecule has 28 heavy (non-hydrogen) atoms. The maximum atomic E-state index is 12.6. The Morgan fingerprint density at radius 1 is 1.21 bits per heavy atom. The Morgan fingerprint density at radius 3 is 2.21 bits per heavy atom. The molecule has 2 aliphatic carbocycles. The maximum Gasteiger partial charge on any atom is 0.347 e. The van der Waals surface area contributed by atoms with Crippen LogP contribution in [-0.2, 0) is 34.6 Å². The molecule has 0 saturated heterocycles. The van der Waals surface area contributed by atoms with Gasteiger partial charge in [-0.25, -0.2) is 9.00 Å². The first kappa shape index (κ1) is 23.2.